The Labute approximate surface area is 240 Å². The monoisotopic (exact) mass is 548 g/mol. The van der Waals surface area contributed by atoms with E-state index in [2.05, 4.69) is 90.7 Å². The van der Waals surface area contributed by atoms with Crippen LogP contribution in [0.25, 0.3) is 0 Å². The van der Waals surface area contributed by atoms with Crippen molar-refractivity contribution in [3.8, 4) is 5.75 Å². The first-order valence-electron chi connectivity index (χ1n) is 14.7. The molecule has 2 heterocycles. The summed E-state index contributed by atoms with van der Waals surface area (Å²) in [5, 5.41) is 0.125. The number of hydrogen-bond acceptors (Lipinski definition) is 5. The number of aliphatic imine (C=N–C) groups is 1. The van der Waals surface area contributed by atoms with Crippen LogP contribution in [0.1, 0.15) is 45.1 Å². The summed E-state index contributed by atoms with van der Waals surface area (Å²) in [6.07, 6.45) is 14.8. The molecule has 0 radical (unpaired) electrons. The average Bonchev–Trinajstić information content (AvgIpc) is 3.23. The predicted octanol–water partition coefficient (Wildman–Crippen LogP) is 5.93. The first-order chi connectivity index (χ1) is 18.9. The lowest BCUT2D eigenvalue weighted by Gasteiger charge is -2.47. The molecule has 39 heavy (non-hydrogen) atoms. The fourth-order valence-electron chi connectivity index (χ4n) is 6.39. The molecule has 1 aromatic carbocycles. The van der Waals surface area contributed by atoms with Crippen LogP contribution in [0.2, 0.25) is 0 Å². The van der Waals surface area contributed by atoms with Gasteiger partial charge in [0, 0.05) is 51.3 Å². The zero-order chi connectivity index (χ0) is 27.4. The summed E-state index contributed by atoms with van der Waals surface area (Å²) in [6.45, 7) is 16.1. The zero-order valence-electron chi connectivity index (χ0n) is 24.0. The number of nitrogens with zero attached hydrogens (tertiary/aromatic N) is 4. The fraction of sp³-hybridized carbons (Fsp3) is 0.545. The van der Waals surface area contributed by atoms with Gasteiger partial charge >= 0.3 is 0 Å². The van der Waals surface area contributed by atoms with E-state index in [1.807, 2.05) is 6.08 Å². The molecule has 2 aliphatic heterocycles. The minimum atomic E-state index is -0.0254. The van der Waals surface area contributed by atoms with Crippen molar-refractivity contribution < 1.29 is 4.74 Å². The number of piperazine rings is 1. The van der Waals surface area contributed by atoms with Crippen molar-refractivity contribution in [2.75, 3.05) is 52.9 Å². The van der Waals surface area contributed by atoms with Crippen LogP contribution in [-0.4, -0.2) is 90.4 Å². The van der Waals surface area contributed by atoms with Gasteiger partial charge in [-0.15, -0.1) is 18.2 Å². The molecule has 1 saturated heterocycles. The van der Waals surface area contributed by atoms with Gasteiger partial charge in [0.25, 0.3) is 0 Å². The van der Waals surface area contributed by atoms with Crippen molar-refractivity contribution in [2.24, 2.45) is 10.9 Å². The van der Waals surface area contributed by atoms with Crippen molar-refractivity contribution in [3.05, 3.63) is 77.9 Å². The third kappa shape index (κ3) is 6.37. The number of alkyl halides is 1. The quantitative estimate of drug-likeness (QED) is 0.268. The first kappa shape index (κ1) is 28.2. The lowest BCUT2D eigenvalue weighted by Crippen LogP contribution is -2.57. The third-order valence-electron chi connectivity index (χ3n) is 9.13. The van der Waals surface area contributed by atoms with Gasteiger partial charge in [0.1, 0.15) is 11.6 Å². The Kier molecular flexibility index (Phi) is 9.00. The molecular formula is C33H45ClN4O. The van der Waals surface area contributed by atoms with Crippen LogP contribution in [0.5, 0.6) is 5.75 Å². The maximum atomic E-state index is 6.14. The highest BCUT2D eigenvalue weighted by Gasteiger charge is 2.51. The Morgan fingerprint density at radius 2 is 1.95 bits per heavy atom. The summed E-state index contributed by atoms with van der Waals surface area (Å²) < 4.78 is 6.08. The zero-order valence-corrected chi connectivity index (χ0v) is 24.7. The lowest BCUT2D eigenvalue weighted by molar-refractivity contribution is 0.115. The molecule has 4 aliphatic rings. The number of allylic oxidation sites excluding steroid dienone is 3. The van der Waals surface area contributed by atoms with Crippen molar-refractivity contribution >= 4 is 17.4 Å². The predicted molar refractivity (Wildman–Crippen MR) is 164 cm³/mol. The van der Waals surface area contributed by atoms with Crippen molar-refractivity contribution in [1.82, 2.24) is 14.7 Å². The highest BCUT2D eigenvalue weighted by Crippen LogP contribution is 2.44. The highest BCUT2D eigenvalue weighted by atomic mass is 35.5. The molecule has 0 saturated carbocycles. The minimum absolute atomic E-state index is 0.0254. The van der Waals surface area contributed by atoms with Crippen LogP contribution in [-0.2, 0) is 0 Å². The summed E-state index contributed by atoms with van der Waals surface area (Å²) in [5.41, 5.74) is 3.99. The van der Waals surface area contributed by atoms with Gasteiger partial charge in [-0.2, -0.15) is 0 Å². The molecule has 4 atom stereocenters. The van der Waals surface area contributed by atoms with Crippen molar-refractivity contribution in [3.63, 3.8) is 0 Å². The van der Waals surface area contributed by atoms with Gasteiger partial charge in [-0.25, -0.2) is 0 Å². The smallest absolute Gasteiger partial charge is 0.132 e. The number of amidine groups is 1. The van der Waals surface area contributed by atoms with Crippen molar-refractivity contribution in [2.45, 2.75) is 56.5 Å². The van der Waals surface area contributed by atoms with Crippen LogP contribution in [0.15, 0.2) is 77.4 Å². The molecule has 2 aliphatic carbocycles. The molecule has 1 aromatic rings. The molecule has 210 valence electrons. The highest BCUT2D eigenvalue weighted by molar-refractivity contribution is 6.22. The van der Waals surface area contributed by atoms with Crippen LogP contribution in [0.3, 0.4) is 0 Å². The van der Waals surface area contributed by atoms with Gasteiger partial charge in [0.2, 0.25) is 0 Å². The second kappa shape index (κ2) is 12.4. The van der Waals surface area contributed by atoms with Crippen molar-refractivity contribution in [1.29, 1.82) is 0 Å². The third-order valence-corrected chi connectivity index (χ3v) is 9.46. The normalized spacial score (nSPS) is 29.5. The van der Waals surface area contributed by atoms with Gasteiger partial charge in [0.15, 0.2) is 0 Å². The molecule has 5 nitrogen and oxygen atoms in total. The van der Waals surface area contributed by atoms with E-state index in [9.17, 15) is 0 Å². The van der Waals surface area contributed by atoms with E-state index in [0.717, 1.165) is 82.1 Å². The van der Waals surface area contributed by atoms with Gasteiger partial charge in [-0.1, -0.05) is 42.9 Å². The molecule has 4 unspecified atom stereocenters. The standard InChI is InChI=1S/C33H45ClN4O/c1-5-6-16-38-32(28-9-13-30(14-10-28)39-21-15-26-7-11-29(34)12-8-26)35-31-23-27(22-25(2)33(31,38)3)24-37-19-17-36(4)18-20-37/h5,7-11,13-14,23,25,29,31H,1,6,12,15-22,24H2,2-4H3. The fourth-order valence-corrected chi connectivity index (χ4v) is 6.56. The number of hydrogen-bond donors (Lipinski definition) is 0. The summed E-state index contributed by atoms with van der Waals surface area (Å²) in [7, 11) is 2.22. The summed E-state index contributed by atoms with van der Waals surface area (Å²) in [4.78, 5) is 13.0. The summed E-state index contributed by atoms with van der Waals surface area (Å²) in [5.74, 6) is 2.52. The van der Waals surface area contributed by atoms with Crippen LogP contribution >= 0.6 is 11.6 Å². The first-order valence-corrected chi connectivity index (χ1v) is 15.1. The average molecular weight is 549 g/mol. The number of likely N-dealkylation sites (N-methyl/N-ethyl adjacent to an activating group) is 1. The van der Waals surface area contributed by atoms with Crippen LogP contribution in [0, 0.1) is 5.92 Å². The second-order valence-corrected chi connectivity index (χ2v) is 12.4. The van der Waals surface area contributed by atoms with Crippen LogP contribution in [0.4, 0.5) is 0 Å². The largest absolute Gasteiger partial charge is 0.493 e. The van der Waals surface area contributed by atoms with E-state index >= 15 is 0 Å². The van der Waals surface area contributed by atoms with Gasteiger partial charge in [-0.05, 0) is 69.0 Å². The Morgan fingerprint density at radius 3 is 2.64 bits per heavy atom. The maximum Gasteiger partial charge on any atom is 0.132 e. The maximum absolute atomic E-state index is 6.14. The second-order valence-electron chi connectivity index (χ2n) is 11.9. The van der Waals surface area contributed by atoms with E-state index in [4.69, 9.17) is 21.3 Å². The molecule has 6 heteroatoms. The Bertz CT molecular complexity index is 1130. The number of ether oxygens (including phenoxy) is 1. The van der Waals surface area contributed by atoms with Gasteiger partial charge < -0.3 is 14.5 Å². The van der Waals surface area contributed by atoms with E-state index in [-0.39, 0.29) is 17.0 Å². The van der Waals surface area contributed by atoms with E-state index < -0.39 is 0 Å². The molecule has 0 aromatic heterocycles. The molecule has 0 bridgehead atoms. The molecule has 5 rings (SSSR count). The number of fused-ring (bicyclic) bond motifs is 1. The minimum Gasteiger partial charge on any atom is -0.493 e. The van der Waals surface area contributed by atoms with E-state index in [0.29, 0.717) is 12.5 Å². The Hall–Kier alpha value is -2.34. The number of rotatable bonds is 10. The Morgan fingerprint density at radius 1 is 1.18 bits per heavy atom. The number of benzene rings is 1. The molecule has 0 spiro atoms. The van der Waals surface area contributed by atoms with Gasteiger partial charge in [-0.3, -0.25) is 9.89 Å². The van der Waals surface area contributed by atoms with Gasteiger partial charge in [0.05, 0.1) is 23.6 Å². The number of halogens is 1. The lowest BCUT2D eigenvalue weighted by atomic mass is 9.72. The molecular weight excluding hydrogens is 504 g/mol. The molecule has 0 amide bonds. The van der Waals surface area contributed by atoms with E-state index in [1.54, 1.807) is 5.57 Å². The molecule has 0 N–H and O–H groups in total. The Balaban J connectivity index is 1.29. The SMILES string of the molecule is C=CCCN1C(c2ccc(OCCC3=CCC(Cl)C=C3)cc2)=NC2C=C(CN3CCN(C)CC3)CC(C)C21C. The topological polar surface area (TPSA) is 31.3 Å². The molecule has 1 fully saturated rings. The summed E-state index contributed by atoms with van der Waals surface area (Å²) >= 11 is 6.14. The van der Waals surface area contributed by atoms with Crippen LogP contribution < -0.4 is 4.74 Å². The van der Waals surface area contributed by atoms with E-state index in [1.165, 1.54) is 5.57 Å². The summed E-state index contributed by atoms with van der Waals surface area (Å²) in [6, 6.07) is 8.70.